The van der Waals surface area contributed by atoms with E-state index >= 15 is 0 Å². The highest BCUT2D eigenvalue weighted by atomic mass is 35.5. The number of rotatable bonds is 8. The number of hydrogen-bond donors (Lipinski definition) is 3. The van der Waals surface area contributed by atoms with E-state index in [-0.39, 0.29) is 25.5 Å². The molecular formula is C35H39Cl2N3O6. The summed E-state index contributed by atoms with van der Waals surface area (Å²) in [4.78, 5) is 45.4. The predicted molar refractivity (Wildman–Crippen MR) is 174 cm³/mol. The maximum atomic E-state index is 14.5. The zero-order chi connectivity index (χ0) is 32.2. The van der Waals surface area contributed by atoms with Gasteiger partial charge in [-0.15, -0.1) is 0 Å². The number of piperidine rings is 1. The van der Waals surface area contributed by atoms with E-state index < -0.39 is 35.7 Å². The number of para-hydroxylation sites is 1. The molecule has 5 aliphatic rings. The molecule has 11 heteroatoms. The Bertz CT molecular complexity index is 1630. The van der Waals surface area contributed by atoms with Crippen molar-refractivity contribution in [1.29, 1.82) is 0 Å². The smallest absolute Gasteiger partial charge is 0.408 e. The van der Waals surface area contributed by atoms with Crippen LogP contribution < -0.4 is 10.1 Å². The highest BCUT2D eigenvalue weighted by Crippen LogP contribution is 2.54. The molecule has 0 spiro atoms. The number of halogens is 2. The van der Waals surface area contributed by atoms with E-state index in [2.05, 4.69) is 10.3 Å². The fraction of sp³-hybridized carbons (Fsp3) is 0.514. The van der Waals surface area contributed by atoms with Gasteiger partial charge in [-0.05, 0) is 92.5 Å². The number of carboxylic acid groups (broad SMARTS) is 1. The summed E-state index contributed by atoms with van der Waals surface area (Å²) in [6, 6.07) is 11.5. The van der Waals surface area contributed by atoms with Crippen molar-refractivity contribution in [3.63, 3.8) is 0 Å². The van der Waals surface area contributed by atoms with Crippen molar-refractivity contribution < 1.29 is 29.0 Å². The van der Waals surface area contributed by atoms with Crippen LogP contribution in [0.3, 0.4) is 0 Å². The molecule has 4 aliphatic carbocycles. The Hall–Kier alpha value is -3.43. The topological polar surface area (TPSA) is 121 Å². The molecule has 8 rings (SSSR count). The highest BCUT2D eigenvalue weighted by Gasteiger charge is 2.51. The number of H-pyrrole nitrogens is 1. The molecule has 1 saturated heterocycles. The van der Waals surface area contributed by atoms with Crippen molar-refractivity contribution in [2.75, 3.05) is 6.54 Å². The van der Waals surface area contributed by atoms with Gasteiger partial charge in [-0.2, -0.15) is 0 Å². The summed E-state index contributed by atoms with van der Waals surface area (Å²) < 4.78 is 12.2. The summed E-state index contributed by atoms with van der Waals surface area (Å²) in [5.74, 6) is 0.969. The predicted octanol–water partition coefficient (Wildman–Crippen LogP) is 6.85. The second-order valence-corrected chi connectivity index (χ2v) is 14.8. The SMILES string of the molecule is C[C@@](Cc1c[nH]c2ccccc12)(NC(=O)OC1C2CC3CC(C2)CC1C3)C(=O)N1CC[C@@H](Oc2ccc(Cl)cc2Cl)C[C@@H]1C(=O)O. The van der Waals surface area contributed by atoms with Crippen LogP contribution in [0.5, 0.6) is 5.75 Å². The Morgan fingerprint density at radius 2 is 1.74 bits per heavy atom. The molecule has 2 heterocycles. The highest BCUT2D eigenvalue weighted by molar-refractivity contribution is 6.35. The van der Waals surface area contributed by atoms with Crippen molar-refractivity contribution in [1.82, 2.24) is 15.2 Å². The molecule has 4 saturated carbocycles. The number of benzene rings is 2. The second-order valence-electron chi connectivity index (χ2n) is 14.0. The average Bonchev–Trinajstić information content (AvgIpc) is 3.41. The van der Waals surface area contributed by atoms with Gasteiger partial charge >= 0.3 is 12.1 Å². The molecule has 244 valence electrons. The fourth-order valence-corrected chi connectivity index (χ4v) is 9.32. The number of nitrogens with zero attached hydrogens (tertiary/aromatic N) is 1. The number of aromatic nitrogens is 1. The van der Waals surface area contributed by atoms with Gasteiger partial charge in [0.25, 0.3) is 0 Å². The molecule has 3 aromatic rings. The van der Waals surface area contributed by atoms with Gasteiger partial charge in [0.15, 0.2) is 0 Å². The van der Waals surface area contributed by atoms with Crippen LogP contribution in [0.2, 0.25) is 10.0 Å². The van der Waals surface area contributed by atoms with Crippen molar-refractivity contribution in [2.24, 2.45) is 23.7 Å². The van der Waals surface area contributed by atoms with Crippen molar-refractivity contribution in [3.8, 4) is 5.75 Å². The first-order valence-corrected chi connectivity index (χ1v) is 17.0. The lowest BCUT2D eigenvalue weighted by Gasteiger charge is -2.53. The Kier molecular flexibility index (Phi) is 8.34. The maximum absolute atomic E-state index is 14.5. The third-order valence-corrected chi connectivity index (χ3v) is 11.3. The molecule has 0 radical (unpaired) electrons. The first-order chi connectivity index (χ1) is 22.1. The minimum Gasteiger partial charge on any atom is -0.489 e. The summed E-state index contributed by atoms with van der Waals surface area (Å²) >= 11 is 12.3. The van der Waals surface area contributed by atoms with Gasteiger partial charge in [0.2, 0.25) is 5.91 Å². The van der Waals surface area contributed by atoms with Crippen LogP contribution in [-0.4, -0.2) is 63.3 Å². The summed E-state index contributed by atoms with van der Waals surface area (Å²) in [5, 5.41) is 15.0. The van der Waals surface area contributed by atoms with Gasteiger partial charge in [0.1, 0.15) is 29.5 Å². The minimum atomic E-state index is -1.48. The quantitative estimate of drug-likeness (QED) is 0.242. The van der Waals surface area contributed by atoms with Crippen molar-refractivity contribution >= 4 is 52.1 Å². The minimum absolute atomic E-state index is 0.0570. The normalized spacial score (nSPS) is 29.7. The molecule has 4 bridgehead atoms. The molecule has 1 aliphatic heterocycles. The lowest BCUT2D eigenvalue weighted by atomic mass is 9.55. The zero-order valence-electron chi connectivity index (χ0n) is 25.7. The third kappa shape index (κ3) is 6.04. The van der Waals surface area contributed by atoms with Gasteiger partial charge in [0, 0.05) is 47.9 Å². The van der Waals surface area contributed by atoms with Crippen LogP contribution in [0.25, 0.3) is 10.9 Å². The summed E-state index contributed by atoms with van der Waals surface area (Å²) in [7, 11) is 0. The van der Waals surface area contributed by atoms with Crippen LogP contribution >= 0.6 is 23.2 Å². The third-order valence-electron chi connectivity index (χ3n) is 10.7. The van der Waals surface area contributed by atoms with Crippen LogP contribution in [-0.2, 0) is 20.7 Å². The Labute approximate surface area is 277 Å². The number of carbonyl (C=O) groups excluding carboxylic acids is 2. The van der Waals surface area contributed by atoms with E-state index in [0.717, 1.165) is 54.0 Å². The van der Waals surface area contributed by atoms with Gasteiger partial charge in [-0.1, -0.05) is 41.4 Å². The number of aliphatic carboxylic acids is 1. The standard InChI is InChI=1S/C35H39Cl2N3O6/c1-35(17-23-18-38-28-5-3-2-4-26(23)28,39-34(44)46-31-21-11-19-10-20(13-21)14-22(31)12-19)33(43)40-9-8-25(16-29(40)32(41)42)45-30-7-6-24(36)15-27(30)37/h2-7,15,18-22,25,29,31,38H,8-14,16-17H2,1H3,(H,39,44)(H,41,42)/t19?,20?,21?,22?,25-,29-,31?,35+/m1/s1. The largest absolute Gasteiger partial charge is 0.489 e. The van der Waals surface area contributed by atoms with Crippen LogP contribution in [0.15, 0.2) is 48.7 Å². The average molecular weight is 669 g/mol. The number of aromatic amines is 1. The number of alkyl carbamates (subject to hydrolysis) is 1. The Morgan fingerprint density at radius 1 is 1.02 bits per heavy atom. The Balaban J connectivity index is 1.12. The second kappa shape index (κ2) is 12.3. The molecule has 3 atom stereocenters. The molecule has 46 heavy (non-hydrogen) atoms. The number of carbonyl (C=O) groups is 3. The number of amides is 2. The molecule has 0 unspecified atom stereocenters. The number of carboxylic acids is 1. The van der Waals surface area contributed by atoms with Gasteiger partial charge in [-0.3, -0.25) is 4.79 Å². The van der Waals surface area contributed by atoms with Crippen molar-refractivity contribution in [2.45, 2.75) is 82.1 Å². The Morgan fingerprint density at radius 3 is 2.43 bits per heavy atom. The van der Waals surface area contributed by atoms with E-state index in [1.54, 1.807) is 25.1 Å². The molecular weight excluding hydrogens is 629 g/mol. The lowest BCUT2D eigenvalue weighted by Crippen LogP contribution is -2.64. The first-order valence-electron chi connectivity index (χ1n) is 16.3. The molecule has 2 aromatic carbocycles. The van der Waals surface area contributed by atoms with E-state index in [0.29, 0.717) is 34.1 Å². The van der Waals surface area contributed by atoms with Crippen molar-refractivity contribution in [3.05, 3.63) is 64.3 Å². The van der Waals surface area contributed by atoms with Crippen LogP contribution in [0.1, 0.15) is 57.4 Å². The van der Waals surface area contributed by atoms with Gasteiger partial charge in [0.05, 0.1) is 5.02 Å². The molecule has 5 fully saturated rings. The fourth-order valence-electron chi connectivity index (χ4n) is 8.86. The summed E-state index contributed by atoms with van der Waals surface area (Å²) in [5.41, 5.74) is 0.268. The van der Waals surface area contributed by atoms with Gasteiger partial charge in [-0.25, -0.2) is 9.59 Å². The number of nitrogens with one attached hydrogen (secondary N) is 2. The number of ether oxygens (including phenoxy) is 2. The number of hydrogen-bond acceptors (Lipinski definition) is 5. The monoisotopic (exact) mass is 667 g/mol. The molecule has 3 N–H and O–H groups in total. The lowest BCUT2D eigenvalue weighted by molar-refractivity contribution is -0.157. The molecule has 9 nitrogen and oxygen atoms in total. The van der Waals surface area contributed by atoms with E-state index in [9.17, 15) is 19.5 Å². The molecule has 2 amide bonds. The summed E-state index contributed by atoms with van der Waals surface area (Å²) in [6.07, 6.45) is 6.82. The molecule has 1 aromatic heterocycles. The van der Waals surface area contributed by atoms with Crippen LogP contribution in [0.4, 0.5) is 4.79 Å². The summed E-state index contributed by atoms with van der Waals surface area (Å²) in [6.45, 7) is 1.80. The first kappa shape index (κ1) is 31.2. The van der Waals surface area contributed by atoms with Crippen LogP contribution in [0, 0.1) is 23.7 Å². The van der Waals surface area contributed by atoms with Gasteiger partial charge < -0.3 is 29.8 Å². The number of fused-ring (bicyclic) bond motifs is 1. The van der Waals surface area contributed by atoms with E-state index in [1.807, 2.05) is 30.5 Å². The zero-order valence-corrected chi connectivity index (χ0v) is 27.2. The number of likely N-dealkylation sites (tertiary alicyclic amines) is 1. The van der Waals surface area contributed by atoms with E-state index in [1.165, 1.54) is 11.3 Å². The maximum Gasteiger partial charge on any atom is 0.408 e. The van der Waals surface area contributed by atoms with E-state index in [4.69, 9.17) is 32.7 Å².